The molecule has 192 valence electrons. The van der Waals surface area contributed by atoms with Gasteiger partial charge in [0, 0.05) is 17.3 Å². The third-order valence-electron chi connectivity index (χ3n) is 6.28. The van der Waals surface area contributed by atoms with Gasteiger partial charge in [-0.25, -0.2) is 4.68 Å². The molecule has 0 unspecified atom stereocenters. The van der Waals surface area contributed by atoms with E-state index < -0.39 is 5.56 Å². The molecule has 0 aliphatic heterocycles. The average Bonchev–Trinajstić information content (AvgIpc) is 3.50. The van der Waals surface area contributed by atoms with E-state index in [2.05, 4.69) is 10.1 Å². The van der Waals surface area contributed by atoms with Crippen LogP contribution in [-0.4, -0.2) is 24.4 Å². The fraction of sp³-hybridized carbons (Fsp3) is 0.100. The van der Waals surface area contributed by atoms with Crippen LogP contribution in [0.2, 0.25) is 0 Å². The standard InChI is InChI=1S/C30H23N5O3S/c1-19-15-22(13-14-25(19)38-18-21-9-5-3-6-10-21)27-23(17-34(33-27)24-11-7-4-8-12-24)16-26-29(37)35-30(39-26)31-28(36)20(2)32-35/h3-17H,18H2,1-2H3/b26-16-. The first-order valence-corrected chi connectivity index (χ1v) is 13.1. The zero-order valence-electron chi connectivity index (χ0n) is 21.2. The van der Waals surface area contributed by atoms with Crippen LogP contribution in [0.15, 0.2) is 94.6 Å². The first-order valence-electron chi connectivity index (χ1n) is 12.3. The number of hydrogen-bond donors (Lipinski definition) is 0. The van der Waals surface area contributed by atoms with Crippen LogP contribution in [0.25, 0.3) is 28.0 Å². The van der Waals surface area contributed by atoms with Gasteiger partial charge in [-0.2, -0.15) is 19.7 Å². The highest BCUT2D eigenvalue weighted by atomic mass is 32.1. The predicted molar refractivity (Wildman–Crippen MR) is 151 cm³/mol. The fourth-order valence-corrected chi connectivity index (χ4v) is 5.15. The minimum Gasteiger partial charge on any atom is -0.489 e. The number of fused-ring (bicyclic) bond motifs is 1. The molecule has 0 aliphatic rings. The van der Waals surface area contributed by atoms with Crippen molar-refractivity contribution in [3.05, 3.63) is 133 Å². The summed E-state index contributed by atoms with van der Waals surface area (Å²) in [5.74, 6) is 0.791. The number of aryl methyl sites for hydroxylation is 2. The van der Waals surface area contributed by atoms with E-state index in [-0.39, 0.29) is 16.2 Å². The Morgan fingerprint density at radius 3 is 2.41 bits per heavy atom. The third-order valence-corrected chi connectivity index (χ3v) is 7.24. The summed E-state index contributed by atoms with van der Waals surface area (Å²) in [6, 6.07) is 25.7. The smallest absolute Gasteiger partial charge is 0.295 e. The van der Waals surface area contributed by atoms with Crippen molar-refractivity contribution in [1.82, 2.24) is 24.4 Å². The quantitative estimate of drug-likeness (QED) is 0.320. The lowest BCUT2D eigenvalue weighted by Gasteiger charge is -2.10. The minimum atomic E-state index is -0.439. The molecule has 3 aromatic heterocycles. The Bertz CT molecular complexity index is 1980. The summed E-state index contributed by atoms with van der Waals surface area (Å²) in [5, 5.41) is 9.00. The summed E-state index contributed by atoms with van der Waals surface area (Å²) in [4.78, 5) is 29.3. The number of benzene rings is 3. The number of rotatable bonds is 6. The van der Waals surface area contributed by atoms with Gasteiger partial charge in [-0.1, -0.05) is 59.9 Å². The van der Waals surface area contributed by atoms with Crippen LogP contribution >= 0.6 is 11.3 Å². The highest BCUT2D eigenvalue weighted by Gasteiger charge is 2.15. The lowest BCUT2D eigenvalue weighted by molar-refractivity contribution is 0.304. The maximum absolute atomic E-state index is 13.1. The van der Waals surface area contributed by atoms with Crippen LogP contribution < -0.4 is 20.4 Å². The van der Waals surface area contributed by atoms with Gasteiger partial charge in [-0.3, -0.25) is 9.59 Å². The summed E-state index contributed by atoms with van der Waals surface area (Å²) in [6.45, 7) is 4.02. The molecule has 9 heteroatoms. The maximum Gasteiger partial charge on any atom is 0.295 e. The number of thiazole rings is 1. The molecule has 6 aromatic rings. The van der Waals surface area contributed by atoms with Gasteiger partial charge >= 0.3 is 0 Å². The van der Waals surface area contributed by atoms with Crippen LogP contribution in [-0.2, 0) is 6.61 Å². The monoisotopic (exact) mass is 533 g/mol. The predicted octanol–water partition coefficient (Wildman–Crippen LogP) is 4.11. The van der Waals surface area contributed by atoms with E-state index in [1.54, 1.807) is 17.7 Å². The lowest BCUT2D eigenvalue weighted by Crippen LogP contribution is -2.27. The molecule has 0 saturated carbocycles. The summed E-state index contributed by atoms with van der Waals surface area (Å²) < 4.78 is 9.45. The molecule has 8 nitrogen and oxygen atoms in total. The van der Waals surface area contributed by atoms with Gasteiger partial charge < -0.3 is 4.74 Å². The van der Waals surface area contributed by atoms with Crippen molar-refractivity contribution in [1.29, 1.82) is 0 Å². The molecule has 0 radical (unpaired) electrons. The molecular weight excluding hydrogens is 510 g/mol. The van der Waals surface area contributed by atoms with E-state index in [9.17, 15) is 9.59 Å². The van der Waals surface area contributed by atoms with Crippen molar-refractivity contribution < 1.29 is 4.74 Å². The molecule has 0 fully saturated rings. The van der Waals surface area contributed by atoms with Gasteiger partial charge in [0.15, 0.2) is 0 Å². The van der Waals surface area contributed by atoms with Crippen LogP contribution in [0.5, 0.6) is 5.75 Å². The van der Waals surface area contributed by atoms with E-state index in [0.717, 1.165) is 45.0 Å². The normalized spacial score (nSPS) is 11.8. The van der Waals surface area contributed by atoms with Crippen molar-refractivity contribution in [2.24, 2.45) is 0 Å². The summed E-state index contributed by atoms with van der Waals surface area (Å²) in [7, 11) is 0. The first-order chi connectivity index (χ1) is 19.0. The number of aromatic nitrogens is 5. The Morgan fingerprint density at radius 2 is 1.67 bits per heavy atom. The van der Waals surface area contributed by atoms with Crippen molar-refractivity contribution in [2.45, 2.75) is 20.5 Å². The van der Waals surface area contributed by atoms with Crippen molar-refractivity contribution in [2.75, 3.05) is 0 Å². The third kappa shape index (κ3) is 4.87. The van der Waals surface area contributed by atoms with Crippen LogP contribution in [0, 0.1) is 13.8 Å². The highest BCUT2D eigenvalue weighted by Crippen LogP contribution is 2.29. The van der Waals surface area contributed by atoms with E-state index in [0.29, 0.717) is 16.8 Å². The van der Waals surface area contributed by atoms with Crippen LogP contribution in [0.4, 0.5) is 0 Å². The Labute approximate surface area is 227 Å². The zero-order valence-corrected chi connectivity index (χ0v) is 22.1. The SMILES string of the molecule is Cc1cc(-c2nn(-c3ccccc3)cc2/C=c2\sc3nc(=O)c(C)nn3c2=O)ccc1OCc1ccccc1. The molecule has 0 amide bonds. The second-order valence-corrected chi connectivity index (χ2v) is 10.1. The number of nitrogens with zero attached hydrogens (tertiary/aromatic N) is 5. The van der Waals surface area contributed by atoms with Crippen molar-refractivity contribution in [3.8, 4) is 22.7 Å². The molecule has 0 bridgehead atoms. The van der Waals surface area contributed by atoms with Gasteiger partial charge in [0.2, 0.25) is 4.96 Å². The minimum absolute atomic E-state index is 0.177. The van der Waals surface area contributed by atoms with Crippen LogP contribution in [0.3, 0.4) is 0 Å². The fourth-order valence-electron chi connectivity index (χ4n) is 4.25. The van der Waals surface area contributed by atoms with E-state index in [1.165, 1.54) is 4.52 Å². The number of ether oxygens (including phenoxy) is 1. The van der Waals surface area contributed by atoms with Crippen molar-refractivity contribution >= 4 is 22.4 Å². The number of para-hydroxylation sites is 1. The summed E-state index contributed by atoms with van der Waals surface area (Å²) in [6.07, 6.45) is 3.67. The second kappa shape index (κ2) is 10.1. The van der Waals surface area contributed by atoms with Crippen LogP contribution in [0.1, 0.15) is 22.4 Å². The van der Waals surface area contributed by atoms with Crippen molar-refractivity contribution in [3.63, 3.8) is 0 Å². The molecule has 0 saturated heterocycles. The Balaban J connectivity index is 1.44. The van der Waals surface area contributed by atoms with E-state index in [4.69, 9.17) is 9.84 Å². The summed E-state index contributed by atoms with van der Waals surface area (Å²) in [5.41, 5.74) is 4.71. The highest BCUT2D eigenvalue weighted by molar-refractivity contribution is 7.15. The molecule has 0 spiro atoms. The van der Waals surface area contributed by atoms with Gasteiger partial charge in [0.05, 0.1) is 10.2 Å². The molecule has 0 N–H and O–H groups in total. The van der Waals surface area contributed by atoms with E-state index >= 15 is 0 Å². The second-order valence-electron chi connectivity index (χ2n) is 9.08. The van der Waals surface area contributed by atoms with Gasteiger partial charge in [-0.05, 0) is 61.4 Å². The topological polar surface area (TPSA) is 91.4 Å². The maximum atomic E-state index is 13.1. The largest absolute Gasteiger partial charge is 0.489 e. The molecule has 3 heterocycles. The molecule has 0 aliphatic carbocycles. The Morgan fingerprint density at radius 1 is 0.923 bits per heavy atom. The average molecular weight is 534 g/mol. The number of hydrogen-bond acceptors (Lipinski definition) is 7. The molecule has 0 atom stereocenters. The zero-order chi connectivity index (χ0) is 26.9. The lowest BCUT2D eigenvalue weighted by atomic mass is 10.0. The van der Waals surface area contributed by atoms with Gasteiger partial charge in [0.25, 0.3) is 11.1 Å². The first kappa shape index (κ1) is 24.4. The molecular formula is C30H23N5O3S. The van der Waals surface area contributed by atoms with Gasteiger partial charge in [-0.15, -0.1) is 0 Å². The Hall–Kier alpha value is -4.89. The molecule has 39 heavy (non-hydrogen) atoms. The summed E-state index contributed by atoms with van der Waals surface area (Å²) >= 11 is 1.12. The molecule has 3 aromatic carbocycles. The molecule has 6 rings (SSSR count). The van der Waals surface area contributed by atoms with E-state index in [1.807, 2.05) is 92.0 Å². The van der Waals surface area contributed by atoms with Gasteiger partial charge in [0.1, 0.15) is 23.7 Å². The Kier molecular flexibility index (Phi) is 6.34.